The molecule has 0 saturated heterocycles. The number of hydrogen-bond donors (Lipinski definition) is 1. The van der Waals surface area contributed by atoms with Gasteiger partial charge in [-0.1, -0.05) is 23.2 Å². The highest BCUT2D eigenvalue weighted by Gasteiger charge is 2.18. The van der Waals surface area contributed by atoms with E-state index < -0.39 is 17.0 Å². The smallest absolute Gasteiger partial charge is 0.344 e. The molecular weight excluding hydrogens is 361 g/mol. The number of carbonyl (C=O) groups is 1. The molecule has 9 heteroatoms. The third kappa shape index (κ3) is 4.27. The van der Waals surface area contributed by atoms with E-state index in [9.17, 15) is 14.9 Å². The van der Waals surface area contributed by atoms with E-state index in [4.69, 9.17) is 37.8 Å². The third-order valence-electron chi connectivity index (χ3n) is 2.90. The fourth-order valence-electron chi connectivity index (χ4n) is 1.72. The highest BCUT2D eigenvalue weighted by atomic mass is 35.5. The SMILES string of the molecule is CC(Oc1cc(Oc2ccc(Cl)cc2[N+](=O)[O-])ccc1Cl)C(=O)O. The van der Waals surface area contributed by atoms with Gasteiger partial charge in [0.1, 0.15) is 11.5 Å². The topological polar surface area (TPSA) is 98.9 Å². The van der Waals surface area contributed by atoms with Gasteiger partial charge in [-0.3, -0.25) is 10.1 Å². The van der Waals surface area contributed by atoms with Gasteiger partial charge in [-0.05, 0) is 31.2 Å². The second kappa shape index (κ2) is 7.37. The Labute approximate surface area is 146 Å². The van der Waals surface area contributed by atoms with Crippen molar-refractivity contribution >= 4 is 34.9 Å². The number of nitro groups is 1. The number of carboxylic acids is 1. The van der Waals surface area contributed by atoms with Gasteiger partial charge in [0.2, 0.25) is 5.75 Å². The van der Waals surface area contributed by atoms with E-state index in [1.54, 1.807) is 0 Å². The van der Waals surface area contributed by atoms with Crippen molar-refractivity contribution in [3.63, 3.8) is 0 Å². The molecule has 0 aliphatic rings. The second-order valence-electron chi connectivity index (χ2n) is 4.66. The molecule has 0 aliphatic carbocycles. The normalized spacial score (nSPS) is 11.6. The number of hydrogen-bond acceptors (Lipinski definition) is 5. The summed E-state index contributed by atoms with van der Waals surface area (Å²) in [6.07, 6.45) is -1.12. The monoisotopic (exact) mass is 371 g/mol. The Morgan fingerprint density at radius 1 is 1.21 bits per heavy atom. The lowest BCUT2D eigenvalue weighted by atomic mass is 10.3. The maximum Gasteiger partial charge on any atom is 0.344 e. The molecule has 2 aromatic rings. The van der Waals surface area contributed by atoms with E-state index in [0.717, 1.165) is 6.07 Å². The van der Waals surface area contributed by atoms with Crippen LogP contribution in [0.4, 0.5) is 5.69 Å². The van der Waals surface area contributed by atoms with Crippen molar-refractivity contribution in [2.24, 2.45) is 0 Å². The van der Waals surface area contributed by atoms with Crippen LogP contribution in [0.2, 0.25) is 10.0 Å². The summed E-state index contributed by atoms with van der Waals surface area (Å²) in [6.45, 7) is 1.34. The zero-order valence-electron chi connectivity index (χ0n) is 12.2. The molecule has 1 N–H and O–H groups in total. The zero-order valence-corrected chi connectivity index (χ0v) is 13.7. The van der Waals surface area contributed by atoms with Crippen LogP contribution in [-0.4, -0.2) is 22.1 Å². The third-order valence-corrected chi connectivity index (χ3v) is 3.45. The minimum absolute atomic E-state index is 0.0241. The zero-order chi connectivity index (χ0) is 17.9. The van der Waals surface area contributed by atoms with Crippen LogP contribution in [0, 0.1) is 10.1 Å². The van der Waals surface area contributed by atoms with Gasteiger partial charge in [0.05, 0.1) is 9.95 Å². The van der Waals surface area contributed by atoms with Crippen molar-refractivity contribution in [1.29, 1.82) is 0 Å². The minimum Gasteiger partial charge on any atom is -0.479 e. The summed E-state index contributed by atoms with van der Waals surface area (Å²) >= 11 is 11.7. The van der Waals surface area contributed by atoms with Gasteiger partial charge in [-0.15, -0.1) is 0 Å². The van der Waals surface area contributed by atoms with Gasteiger partial charge >= 0.3 is 11.7 Å². The van der Waals surface area contributed by atoms with Crippen LogP contribution >= 0.6 is 23.2 Å². The quantitative estimate of drug-likeness (QED) is 0.590. The molecular formula is C15H11Cl2NO6. The number of halogens is 2. The van der Waals surface area contributed by atoms with Crippen LogP contribution in [0.3, 0.4) is 0 Å². The van der Waals surface area contributed by atoms with Crippen LogP contribution in [0.5, 0.6) is 17.2 Å². The van der Waals surface area contributed by atoms with Crippen LogP contribution in [0.1, 0.15) is 6.92 Å². The van der Waals surface area contributed by atoms with E-state index in [0.29, 0.717) is 0 Å². The van der Waals surface area contributed by atoms with E-state index >= 15 is 0 Å². The number of ether oxygens (including phenoxy) is 2. The van der Waals surface area contributed by atoms with Crippen molar-refractivity contribution in [2.75, 3.05) is 0 Å². The van der Waals surface area contributed by atoms with Gasteiger partial charge in [-0.25, -0.2) is 4.79 Å². The molecule has 0 radical (unpaired) electrons. The van der Waals surface area contributed by atoms with Crippen molar-refractivity contribution in [3.8, 4) is 17.2 Å². The molecule has 1 unspecified atom stereocenters. The molecule has 0 fully saturated rings. The van der Waals surface area contributed by atoms with Crippen LogP contribution in [-0.2, 0) is 4.79 Å². The summed E-state index contributed by atoms with van der Waals surface area (Å²) in [4.78, 5) is 21.3. The van der Waals surface area contributed by atoms with E-state index in [1.165, 1.54) is 37.3 Å². The predicted molar refractivity (Wildman–Crippen MR) is 87.4 cm³/mol. The molecule has 24 heavy (non-hydrogen) atoms. The van der Waals surface area contributed by atoms with E-state index in [1.807, 2.05) is 0 Å². The Morgan fingerprint density at radius 2 is 1.92 bits per heavy atom. The number of rotatable bonds is 6. The fourth-order valence-corrected chi connectivity index (χ4v) is 2.05. The number of carboxylic acid groups (broad SMARTS) is 1. The molecule has 0 bridgehead atoms. The maximum atomic E-state index is 11.1. The molecule has 0 aliphatic heterocycles. The van der Waals surface area contributed by atoms with Crippen LogP contribution in [0.25, 0.3) is 0 Å². The lowest BCUT2D eigenvalue weighted by Gasteiger charge is -2.13. The first kappa shape index (κ1) is 17.8. The van der Waals surface area contributed by atoms with E-state index in [-0.39, 0.29) is 33.0 Å². The molecule has 7 nitrogen and oxygen atoms in total. The number of benzene rings is 2. The van der Waals surface area contributed by atoms with Gasteiger partial charge in [0.25, 0.3) is 0 Å². The molecule has 126 valence electrons. The van der Waals surface area contributed by atoms with Crippen molar-refractivity contribution in [1.82, 2.24) is 0 Å². The molecule has 0 spiro atoms. The summed E-state index contributed by atoms with van der Waals surface area (Å²) in [5, 5.41) is 20.3. The Kier molecular flexibility index (Phi) is 5.48. The lowest BCUT2D eigenvalue weighted by Crippen LogP contribution is -2.22. The summed E-state index contributed by atoms with van der Waals surface area (Å²) in [5.41, 5.74) is -0.307. The Morgan fingerprint density at radius 3 is 2.54 bits per heavy atom. The lowest BCUT2D eigenvalue weighted by molar-refractivity contribution is -0.385. The molecule has 2 aromatic carbocycles. The number of aliphatic carboxylic acids is 1. The molecule has 0 amide bonds. The first-order valence-corrected chi connectivity index (χ1v) is 7.34. The highest BCUT2D eigenvalue weighted by Crippen LogP contribution is 2.36. The van der Waals surface area contributed by atoms with Crippen LogP contribution < -0.4 is 9.47 Å². The van der Waals surface area contributed by atoms with Crippen molar-refractivity contribution in [3.05, 3.63) is 56.6 Å². The Balaban J connectivity index is 2.31. The highest BCUT2D eigenvalue weighted by molar-refractivity contribution is 6.32. The number of nitro benzene ring substituents is 1. The molecule has 0 aromatic heterocycles. The van der Waals surface area contributed by atoms with Gasteiger partial charge in [-0.2, -0.15) is 0 Å². The average Bonchev–Trinajstić information content (AvgIpc) is 2.51. The van der Waals surface area contributed by atoms with Gasteiger partial charge < -0.3 is 14.6 Å². The second-order valence-corrected chi connectivity index (χ2v) is 5.51. The average molecular weight is 372 g/mol. The Hall–Kier alpha value is -2.51. The van der Waals surface area contributed by atoms with Crippen molar-refractivity contribution < 1.29 is 24.3 Å². The molecule has 2 rings (SSSR count). The summed E-state index contributed by atoms with van der Waals surface area (Å²) < 4.78 is 10.7. The first-order valence-electron chi connectivity index (χ1n) is 6.58. The van der Waals surface area contributed by atoms with E-state index in [2.05, 4.69) is 0 Å². The fraction of sp³-hybridized carbons (Fsp3) is 0.133. The van der Waals surface area contributed by atoms with Crippen molar-refractivity contribution in [2.45, 2.75) is 13.0 Å². The number of nitrogens with zero attached hydrogens (tertiary/aromatic N) is 1. The summed E-state index contributed by atoms with van der Waals surface area (Å²) in [5.74, 6) is -0.909. The van der Waals surface area contributed by atoms with Gasteiger partial charge in [0, 0.05) is 17.2 Å². The standard InChI is InChI=1S/C15H11Cl2NO6/c1-8(15(19)20)23-14-7-10(3-4-11(14)17)24-13-5-2-9(16)6-12(13)18(21)22/h2-8H,1H3,(H,19,20). The molecule has 0 saturated carbocycles. The minimum atomic E-state index is -1.16. The molecule has 1 atom stereocenters. The Bertz CT molecular complexity index is 796. The summed E-state index contributed by atoms with van der Waals surface area (Å²) in [6, 6.07) is 8.22. The maximum absolute atomic E-state index is 11.1. The van der Waals surface area contributed by atoms with Gasteiger partial charge in [0.15, 0.2) is 6.10 Å². The first-order chi connectivity index (χ1) is 11.3. The predicted octanol–water partition coefficient (Wildman–Crippen LogP) is 4.55. The molecule has 0 heterocycles. The van der Waals surface area contributed by atoms with Crippen LogP contribution in [0.15, 0.2) is 36.4 Å². The summed E-state index contributed by atoms with van der Waals surface area (Å²) in [7, 11) is 0. The largest absolute Gasteiger partial charge is 0.479 e.